The van der Waals surface area contributed by atoms with Crippen molar-refractivity contribution in [2.24, 2.45) is 10.8 Å². The predicted octanol–water partition coefficient (Wildman–Crippen LogP) is 0.880. The fourth-order valence-corrected chi connectivity index (χ4v) is 2.42. The average Bonchev–Trinajstić information content (AvgIpc) is 2.30. The van der Waals surface area contributed by atoms with E-state index >= 15 is 0 Å². The number of Topliss-reactive ketones (excluding diaryl/α,β-unsaturated/α-hetero) is 2. The van der Waals surface area contributed by atoms with Crippen molar-refractivity contribution in [3.63, 3.8) is 0 Å². The molecule has 0 aliphatic heterocycles. The molecule has 1 aliphatic rings. The SMILES string of the molecule is CCC1(C(=O)O)CC(=O)C(CC)(C(=O)O)CC1=O. The summed E-state index contributed by atoms with van der Waals surface area (Å²) in [5.41, 5.74) is -3.49. The van der Waals surface area contributed by atoms with Gasteiger partial charge in [-0.3, -0.25) is 19.2 Å². The lowest BCUT2D eigenvalue weighted by Crippen LogP contribution is -2.54. The zero-order valence-electron chi connectivity index (χ0n) is 10.4. The molecular weight excluding hydrogens is 240 g/mol. The smallest absolute Gasteiger partial charge is 0.317 e. The summed E-state index contributed by atoms with van der Waals surface area (Å²) in [4.78, 5) is 46.5. The molecule has 6 heteroatoms. The molecule has 2 N–H and O–H groups in total. The Morgan fingerprint density at radius 3 is 1.39 bits per heavy atom. The Morgan fingerprint density at radius 2 is 1.22 bits per heavy atom. The summed E-state index contributed by atoms with van der Waals surface area (Å²) < 4.78 is 0. The molecule has 0 amide bonds. The fourth-order valence-electron chi connectivity index (χ4n) is 2.42. The molecule has 0 heterocycles. The molecule has 0 aromatic carbocycles. The fraction of sp³-hybridized carbons (Fsp3) is 0.667. The van der Waals surface area contributed by atoms with Crippen molar-refractivity contribution in [1.29, 1.82) is 0 Å². The van der Waals surface area contributed by atoms with Crippen molar-refractivity contribution in [2.45, 2.75) is 39.5 Å². The molecule has 1 fully saturated rings. The van der Waals surface area contributed by atoms with Gasteiger partial charge in [0, 0.05) is 12.8 Å². The van der Waals surface area contributed by atoms with E-state index in [9.17, 15) is 19.2 Å². The van der Waals surface area contributed by atoms with E-state index in [2.05, 4.69) is 0 Å². The molecule has 0 bridgehead atoms. The lowest BCUT2D eigenvalue weighted by molar-refractivity contribution is -0.172. The van der Waals surface area contributed by atoms with Crippen molar-refractivity contribution in [3.8, 4) is 0 Å². The predicted molar refractivity (Wildman–Crippen MR) is 60.0 cm³/mol. The maximum absolute atomic E-state index is 12.0. The number of carboxylic acids is 2. The minimum atomic E-state index is -1.74. The first-order chi connectivity index (χ1) is 8.26. The van der Waals surface area contributed by atoms with Crippen molar-refractivity contribution < 1.29 is 29.4 Å². The van der Waals surface area contributed by atoms with Gasteiger partial charge in [0.15, 0.2) is 11.6 Å². The third-order valence-corrected chi connectivity index (χ3v) is 4.02. The summed E-state index contributed by atoms with van der Waals surface area (Å²) in [6.45, 7) is 3.03. The van der Waals surface area contributed by atoms with E-state index in [0.29, 0.717) is 0 Å². The number of carbonyl (C=O) groups excluding carboxylic acids is 2. The maximum Gasteiger partial charge on any atom is 0.317 e. The Bertz CT molecular complexity index is 386. The molecule has 2 unspecified atom stereocenters. The highest BCUT2D eigenvalue weighted by Gasteiger charge is 2.59. The van der Waals surface area contributed by atoms with Crippen LogP contribution in [0.25, 0.3) is 0 Å². The van der Waals surface area contributed by atoms with Gasteiger partial charge in [-0.25, -0.2) is 0 Å². The number of ketones is 2. The van der Waals surface area contributed by atoms with E-state index in [1.807, 2.05) is 0 Å². The average molecular weight is 256 g/mol. The van der Waals surface area contributed by atoms with Gasteiger partial charge in [-0.1, -0.05) is 13.8 Å². The second-order valence-electron chi connectivity index (χ2n) is 4.68. The van der Waals surface area contributed by atoms with Crippen LogP contribution in [0.5, 0.6) is 0 Å². The van der Waals surface area contributed by atoms with Crippen molar-refractivity contribution in [3.05, 3.63) is 0 Å². The molecule has 1 rings (SSSR count). The Balaban J connectivity index is 3.25. The minimum absolute atomic E-state index is 0.00762. The van der Waals surface area contributed by atoms with Gasteiger partial charge in [-0.05, 0) is 12.8 Å². The van der Waals surface area contributed by atoms with Crippen LogP contribution in [0.2, 0.25) is 0 Å². The number of hydrogen-bond donors (Lipinski definition) is 2. The maximum atomic E-state index is 12.0. The Hall–Kier alpha value is -1.72. The van der Waals surface area contributed by atoms with Crippen LogP contribution in [0.15, 0.2) is 0 Å². The lowest BCUT2D eigenvalue weighted by Gasteiger charge is -2.38. The summed E-state index contributed by atoms with van der Waals surface area (Å²) in [5, 5.41) is 18.3. The van der Waals surface area contributed by atoms with Crippen LogP contribution in [-0.4, -0.2) is 33.7 Å². The zero-order valence-corrected chi connectivity index (χ0v) is 10.4. The number of aliphatic carboxylic acids is 2. The van der Waals surface area contributed by atoms with E-state index in [0.717, 1.165) is 0 Å². The van der Waals surface area contributed by atoms with E-state index in [1.165, 1.54) is 13.8 Å². The summed E-state index contributed by atoms with van der Waals surface area (Å²) in [6, 6.07) is 0. The summed E-state index contributed by atoms with van der Waals surface area (Å²) in [6.07, 6.45) is -1.08. The van der Waals surface area contributed by atoms with Crippen molar-refractivity contribution in [1.82, 2.24) is 0 Å². The first-order valence-electron chi connectivity index (χ1n) is 5.80. The summed E-state index contributed by atoms with van der Waals surface area (Å²) >= 11 is 0. The number of carbonyl (C=O) groups is 4. The Morgan fingerprint density at radius 1 is 0.944 bits per heavy atom. The third-order valence-electron chi connectivity index (χ3n) is 4.02. The Kier molecular flexibility index (Phi) is 3.59. The zero-order chi connectivity index (χ0) is 14.1. The van der Waals surface area contributed by atoms with Gasteiger partial charge in [-0.2, -0.15) is 0 Å². The molecule has 1 aliphatic carbocycles. The highest BCUT2D eigenvalue weighted by atomic mass is 16.4. The summed E-state index contributed by atoms with van der Waals surface area (Å²) in [7, 11) is 0. The van der Waals surface area contributed by atoms with Crippen LogP contribution in [0.3, 0.4) is 0 Å². The van der Waals surface area contributed by atoms with Crippen molar-refractivity contribution in [2.75, 3.05) is 0 Å². The number of carboxylic acid groups (broad SMARTS) is 2. The number of rotatable bonds is 4. The molecule has 2 atom stereocenters. The van der Waals surface area contributed by atoms with Crippen LogP contribution in [0.1, 0.15) is 39.5 Å². The van der Waals surface area contributed by atoms with Crippen LogP contribution in [0.4, 0.5) is 0 Å². The van der Waals surface area contributed by atoms with Gasteiger partial charge in [0.25, 0.3) is 0 Å². The van der Waals surface area contributed by atoms with Gasteiger partial charge in [0.05, 0.1) is 0 Å². The molecule has 1 saturated carbocycles. The third kappa shape index (κ3) is 1.72. The highest BCUT2D eigenvalue weighted by Crippen LogP contribution is 2.44. The molecule has 6 nitrogen and oxygen atoms in total. The van der Waals surface area contributed by atoms with Crippen LogP contribution < -0.4 is 0 Å². The first-order valence-corrected chi connectivity index (χ1v) is 5.80. The first kappa shape index (κ1) is 14.3. The van der Waals surface area contributed by atoms with E-state index in [-0.39, 0.29) is 12.8 Å². The monoisotopic (exact) mass is 256 g/mol. The molecule has 0 saturated heterocycles. The highest BCUT2D eigenvalue weighted by molar-refractivity contribution is 6.17. The minimum Gasteiger partial charge on any atom is -0.480 e. The molecule has 100 valence electrons. The Labute approximate surface area is 104 Å². The van der Waals surface area contributed by atoms with Gasteiger partial charge < -0.3 is 10.2 Å². The molecule has 0 spiro atoms. The molecular formula is C12H16O6. The molecule has 0 radical (unpaired) electrons. The largest absolute Gasteiger partial charge is 0.480 e. The quantitative estimate of drug-likeness (QED) is 0.723. The standard InChI is InChI=1S/C12H16O6/c1-3-11(9(15)16)5-8(14)12(4-2,10(17)18)6-7(11)13/h3-6H2,1-2H3,(H,15,16)(H,17,18). The molecule has 18 heavy (non-hydrogen) atoms. The van der Waals surface area contributed by atoms with E-state index in [1.54, 1.807) is 0 Å². The van der Waals surface area contributed by atoms with E-state index in [4.69, 9.17) is 10.2 Å². The van der Waals surface area contributed by atoms with Crippen LogP contribution >= 0.6 is 0 Å². The second-order valence-corrected chi connectivity index (χ2v) is 4.68. The van der Waals surface area contributed by atoms with Gasteiger partial charge in [0.1, 0.15) is 10.8 Å². The van der Waals surface area contributed by atoms with Gasteiger partial charge in [0.2, 0.25) is 0 Å². The lowest BCUT2D eigenvalue weighted by atomic mass is 9.60. The van der Waals surface area contributed by atoms with E-state index < -0.39 is 47.2 Å². The van der Waals surface area contributed by atoms with Gasteiger partial charge >= 0.3 is 11.9 Å². The van der Waals surface area contributed by atoms with Crippen LogP contribution in [0, 0.1) is 10.8 Å². The van der Waals surface area contributed by atoms with Crippen molar-refractivity contribution >= 4 is 23.5 Å². The summed E-state index contributed by atoms with van der Waals surface area (Å²) in [5.74, 6) is -4.03. The molecule has 0 aromatic heterocycles. The topological polar surface area (TPSA) is 109 Å². The van der Waals surface area contributed by atoms with Gasteiger partial charge in [-0.15, -0.1) is 0 Å². The van der Waals surface area contributed by atoms with Crippen LogP contribution in [-0.2, 0) is 19.2 Å². The normalized spacial score (nSPS) is 32.3. The second kappa shape index (κ2) is 4.51. The number of hydrogen-bond acceptors (Lipinski definition) is 4. The molecule has 0 aromatic rings.